The molecule has 23 heavy (non-hydrogen) atoms. The Kier molecular flexibility index (Phi) is 4.37. The van der Waals surface area contributed by atoms with Crippen molar-refractivity contribution in [2.45, 2.75) is 6.23 Å². The third kappa shape index (κ3) is 2.83. The van der Waals surface area contributed by atoms with E-state index >= 15 is 0 Å². The Bertz CT molecular complexity index is 756. The predicted molar refractivity (Wildman–Crippen MR) is 79.3 cm³/mol. The smallest absolute Gasteiger partial charge is 0.299 e. The maximum atomic E-state index is 12.6. The number of alkyl halides is 1. The molecule has 0 unspecified atom stereocenters. The molecule has 1 amide bonds. The standard InChI is InChI=1S/C13H8Cl2N4O4/c14-5-22-13-11-10(17-4-9(18-11)23-6-20)12(21)19(13)8-2-1-7(15)3-16-8/h1-4,6,13H,5H2/t13-/m1/s1. The van der Waals surface area contributed by atoms with Gasteiger partial charge in [-0.3, -0.25) is 14.5 Å². The lowest BCUT2D eigenvalue weighted by Crippen LogP contribution is -2.30. The van der Waals surface area contributed by atoms with Crippen LogP contribution in [0.3, 0.4) is 0 Å². The minimum Gasteiger partial charge on any atom is -0.408 e. The average molecular weight is 355 g/mol. The lowest BCUT2D eigenvalue weighted by atomic mass is 10.3. The molecule has 0 N–H and O–H groups in total. The maximum absolute atomic E-state index is 12.6. The predicted octanol–water partition coefficient (Wildman–Crippen LogP) is 1.93. The number of hydrogen-bond donors (Lipinski definition) is 0. The van der Waals surface area contributed by atoms with E-state index in [1.165, 1.54) is 17.3 Å². The molecule has 0 spiro atoms. The van der Waals surface area contributed by atoms with Crippen molar-refractivity contribution in [1.82, 2.24) is 15.0 Å². The first-order chi connectivity index (χ1) is 11.2. The third-order valence-corrected chi connectivity index (χ3v) is 3.37. The van der Waals surface area contributed by atoms with Crippen LogP contribution in [-0.4, -0.2) is 33.4 Å². The van der Waals surface area contributed by atoms with E-state index in [9.17, 15) is 9.59 Å². The van der Waals surface area contributed by atoms with Gasteiger partial charge in [-0.25, -0.2) is 15.0 Å². The molecule has 10 heteroatoms. The fourth-order valence-electron chi connectivity index (χ4n) is 2.12. The molecular weight excluding hydrogens is 347 g/mol. The largest absolute Gasteiger partial charge is 0.408 e. The number of nitrogens with zero attached hydrogens (tertiary/aromatic N) is 4. The van der Waals surface area contributed by atoms with Crippen LogP contribution in [0.15, 0.2) is 24.5 Å². The number of anilines is 1. The first kappa shape index (κ1) is 15.6. The molecule has 1 atom stereocenters. The van der Waals surface area contributed by atoms with Crippen molar-refractivity contribution in [3.63, 3.8) is 0 Å². The van der Waals surface area contributed by atoms with Crippen molar-refractivity contribution in [1.29, 1.82) is 0 Å². The van der Waals surface area contributed by atoms with Crippen molar-refractivity contribution in [3.05, 3.63) is 40.9 Å². The quantitative estimate of drug-likeness (QED) is 0.597. The maximum Gasteiger partial charge on any atom is 0.299 e. The van der Waals surface area contributed by atoms with Gasteiger partial charge in [0, 0.05) is 6.20 Å². The summed E-state index contributed by atoms with van der Waals surface area (Å²) < 4.78 is 10.0. The van der Waals surface area contributed by atoms with E-state index in [-0.39, 0.29) is 29.8 Å². The Hall–Kier alpha value is -2.29. The molecule has 3 heterocycles. The highest BCUT2D eigenvalue weighted by Gasteiger charge is 2.42. The molecule has 3 rings (SSSR count). The van der Waals surface area contributed by atoms with Gasteiger partial charge in [0.05, 0.1) is 11.2 Å². The lowest BCUT2D eigenvalue weighted by Gasteiger charge is -2.22. The summed E-state index contributed by atoms with van der Waals surface area (Å²) in [5.74, 6) is -0.220. The third-order valence-electron chi connectivity index (χ3n) is 3.02. The summed E-state index contributed by atoms with van der Waals surface area (Å²) in [4.78, 5) is 36.4. The summed E-state index contributed by atoms with van der Waals surface area (Å²) in [7, 11) is 0. The number of rotatable bonds is 5. The molecule has 0 radical (unpaired) electrons. The van der Waals surface area contributed by atoms with Crippen molar-refractivity contribution < 1.29 is 19.1 Å². The van der Waals surface area contributed by atoms with Crippen LogP contribution in [0.5, 0.6) is 5.88 Å². The molecule has 0 aromatic carbocycles. The summed E-state index contributed by atoms with van der Waals surface area (Å²) in [5.41, 5.74) is 0.252. The monoisotopic (exact) mass is 354 g/mol. The SMILES string of the molecule is O=COc1cnc2c(n1)[C@@H](OCCl)N(c1ccc(Cl)cn1)C2=O. The van der Waals surface area contributed by atoms with E-state index in [1.54, 1.807) is 12.1 Å². The molecule has 0 bridgehead atoms. The van der Waals surface area contributed by atoms with Gasteiger partial charge >= 0.3 is 0 Å². The number of fused-ring (bicyclic) bond motifs is 1. The van der Waals surface area contributed by atoms with E-state index in [1.807, 2.05) is 0 Å². The van der Waals surface area contributed by atoms with Gasteiger partial charge in [-0.2, -0.15) is 0 Å². The number of carbonyl (C=O) groups is 2. The number of aromatic nitrogens is 3. The number of pyridine rings is 1. The molecule has 2 aromatic rings. The van der Waals surface area contributed by atoms with Crippen LogP contribution in [0.25, 0.3) is 0 Å². The van der Waals surface area contributed by atoms with Crippen molar-refractivity contribution in [2.24, 2.45) is 0 Å². The zero-order chi connectivity index (χ0) is 16.4. The number of amides is 1. The number of carbonyl (C=O) groups excluding carboxylic acids is 2. The highest BCUT2D eigenvalue weighted by molar-refractivity contribution is 6.30. The van der Waals surface area contributed by atoms with Gasteiger partial charge in [0.2, 0.25) is 5.88 Å². The Labute approximate surface area is 140 Å². The first-order valence-electron chi connectivity index (χ1n) is 6.25. The van der Waals surface area contributed by atoms with Crippen LogP contribution in [-0.2, 0) is 9.53 Å². The zero-order valence-corrected chi connectivity index (χ0v) is 12.9. The van der Waals surface area contributed by atoms with Crippen LogP contribution in [0, 0.1) is 0 Å². The van der Waals surface area contributed by atoms with Crippen LogP contribution in [0.4, 0.5) is 5.82 Å². The normalized spacial score (nSPS) is 16.3. The minimum absolute atomic E-state index is 0.0550. The number of halogens is 2. The van der Waals surface area contributed by atoms with Gasteiger partial charge in [0.25, 0.3) is 12.4 Å². The van der Waals surface area contributed by atoms with Gasteiger partial charge in [-0.05, 0) is 12.1 Å². The Morgan fingerprint density at radius 2 is 2.13 bits per heavy atom. The van der Waals surface area contributed by atoms with Crippen molar-refractivity contribution in [3.8, 4) is 5.88 Å². The van der Waals surface area contributed by atoms with Gasteiger partial charge < -0.3 is 9.47 Å². The Balaban J connectivity index is 2.05. The topological polar surface area (TPSA) is 94.5 Å². The summed E-state index contributed by atoms with van der Waals surface area (Å²) in [6.45, 7) is 0.211. The second-order valence-electron chi connectivity index (χ2n) is 4.29. The second kappa shape index (κ2) is 6.45. The Morgan fingerprint density at radius 1 is 1.30 bits per heavy atom. The first-order valence-corrected chi connectivity index (χ1v) is 7.17. The summed E-state index contributed by atoms with van der Waals surface area (Å²) in [5, 5.41) is 0.422. The molecule has 118 valence electrons. The van der Waals surface area contributed by atoms with E-state index in [4.69, 9.17) is 27.9 Å². The van der Waals surface area contributed by atoms with E-state index in [2.05, 4.69) is 19.7 Å². The average Bonchev–Trinajstić information content (AvgIpc) is 2.82. The van der Waals surface area contributed by atoms with Crippen LogP contribution < -0.4 is 9.64 Å². The van der Waals surface area contributed by atoms with Crippen molar-refractivity contribution >= 4 is 41.4 Å². The summed E-state index contributed by atoms with van der Waals surface area (Å²) >= 11 is 11.4. The molecular formula is C13H8Cl2N4O4. The van der Waals surface area contributed by atoms with Crippen LogP contribution in [0.2, 0.25) is 5.02 Å². The van der Waals surface area contributed by atoms with E-state index in [0.29, 0.717) is 10.8 Å². The van der Waals surface area contributed by atoms with Crippen LogP contribution >= 0.6 is 23.2 Å². The summed E-state index contributed by atoms with van der Waals surface area (Å²) in [6.07, 6.45) is 1.63. The Morgan fingerprint density at radius 3 is 2.78 bits per heavy atom. The second-order valence-corrected chi connectivity index (χ2v) is 4.95. The van der Waals surface area contributed by atoms with Gasteiger partial charge in [0.15, 0.2) is 11.9 Å². The fraction of sp³-hybridized carbons (Fsp3) is 0.154. The van der Waals surface area contributed by atoms with Gasteiger partial charge in [0.1, 0.15) is 17.6 Å². The molecule has 8 nitrogen and oxygen atoms in total. The van der Waals surface area contributed by atoms with Crippen molar-refractivity contribution in [2.75, 3.05) is 11.0 Å². The van der Waals surface area contributed by atoms with Gasteiger partial charge in [-0.1, -0.05) is 23.2 Å². The number of ether oxygens (including phenoxy) is 2. The molecule has 1 aliphatic rings. The molecule has 0 fully saturated rings. The minimum atomic E-state index is -0.939. The zero-order valence-electron chi connectivity index (χ0n) is 11.3. The molecule has 1 aliphatic heterocycles. The molecule has 0 saturated carbocycles. The number of hydrogen-bond acceptors (Lipinski definition) is 7. The van der Waals surface area contributed by atoms with Crippen LogP contribution in [0.1, 0.15) is 22.4 Å². The lowest BCUT2D eigenvalue weighted by molar-refractivity contribution is -0.121. The van der Waals surface area contributed by atoms with E-state index in [0.717, 1.165) is 0 Å². The fourth-order valence-corrected chi connectivity index (χ4v) is 2.35. The van der Waals surface area contributed by atoms with Gasteiger partial charge in [-0.15, -0.1) is 0 Å². The molecule has 2 aromatic heterocycles. The summed E-state index contributed by atoms with van der Waals surface area (Å²) in [6, 6.07) is 2.95. The van der Waals surface area contributed by atoms with E-state index < -0.39 is 12.1 Å². The highest BCUT2D eigenvalue weighted by Crippen LogP contribution is 2.36. The highest BCUT2D eigenvalue weighted by atomic mass is 35.5. The molecule has 0 saturated heterocycles. The molecule has 0 aliphatic carbocycles.